The van der Waals surface area contributed by atoms with Crippen LogP contribution in [0.25, 0.3) is 33.4 Å². The van der Waals surface area contributed by atoms with Crippen molar-refractivity contribution in [1.82, 2.24) is 0 Å². The molecule has 8 rings (SSSR count). The van der Waals surface area contributed by atoms with E-state index in [0.717, 1.165) is 17.8 Å². The van der Waals surface area contributed by atoms with Crippen LogP contribution in [0.3, 0.4) is 0 Å². The van der Waals surface area contributed by atoms with Gasteiger partial charge in [0, 0.05) is 11.4 Å². The minimum atomic E-state index is -0.271. The molecule has 0 amide bonds. The Bertz CT molecular complexity index is 2070. The van der Waals surface area contributed by atoms with Crippen LogP contribution in [0.1, 0.15) is 48.1 Å². The first-order valence-corrected chi connectivity index (χ1v) is 16.3. The lowest BCUT2D eigenvalue weighted by molar-refractivity contribution is 0.630. The average Bonchev–Trinajstić information content (AvgIpc) is 3.56. The maximum atomic E-state index is 4.34. The number of hydrogen-bond acceptors (Lipinski definition) is 1. The van der Waals surface area contributed by atoms with E-state index in [-0.39, 0.29) is 5.41 Å². The fraction of sp³-hybridized carbons (Fsp3) is 0.111. The van der Waals surface area contributed by atoms with Gasteiger partial charge in [0.25, 0.3) is 0 Å². The summed E-state index contributed by atoms with van der Waals surface area (Å²) in [6, 6.07) is 44.1. The summed E-state index contributed by atoms with van der Waals surface area (Å²) in [4.78, 5) is 0. The predicted molar refractivity (Wildman–Crippen MR) is 195 cm³/mol. The minimum Gasteiger partial charge on any atom is -0.356 e. The third-order valence-electron chi connectivity index (χ3n) is 9.97. The van der Waals surface area contributed by atoms with Gasteiger partial charge in [-0.05, 0) is 104 Å². The zero-order valence-corrected chi connectivity index (χ0v) is 26.4. The van der Waals surface area contributed by atoms with Gasteiger partial charge in [-0.15, -0.1) is 0 Å². The van der Waals surface area contributed by atoms with Gasteiger partial charge in [0.15, 0.2) is 0 Å². The Morgan fingerprint density at radius 2 is 1.35 bits per heavy atom. The van der Waals surface area contributed by atoms with E-state index in [2.05, 4.69) is 171 Å². The average molecular weight is 592 g/mol. The van der Waals surface area contributed by atoms with Crippen molar-refractivity contribution in [3.05, 3.63) is 197 Å². The van der Waals surface area contributed by atoms with Gasteiger partial charge in [0.05, 0.1) is 5.41 Å². The van der Waals surface area contributed by atoms with Gasteiger partial charge in [0.2, 0.25) is 0 Å². The predicted octanol–water partition coefficient (Wildman–Crippen LogP) is 11.6. The second kappa shape index (κ2) is 11.2. The molecule has 1 spiro atoms. The number of allylic oxidation sites excluding steroid dienone is 8. The summed E-state index contributed by atoms with van der Waals surface area (Å²) in [5, 5.41) is 3.49. The number of rotatable bonds is 6. The molecule has 0 fully saturated rings. The zero-order chi connectivity index (χ0) is 31.3. The van der Waals surface area contributed by atoms with Crippen LogP contribution in [0.2, 0.25) is 0 Å². The fourth-order valence-corrected chi connectivity index (χ4v) is 7.99. The first kappa shape index (κ1) is 28.1. The van der Waals surface area contributed by atoms with E-state index >= 15 is 0 Å². The molecule has 0 bridgehead atoms. The molecule has 0 aromatic heterocycles. The quantitative estimate of drug-likeness (QED) is 0.194. The first-order chi connectivity index (χ1) is 22.6. The first-order valence-electron chi connectivity index (χ1n) is 16.3. The Balaban J connectivity index is 1.17. The highest BCUT2D eigenvalue weighted by atomic mass is 14.9. The minimum absolute atomic E-state index is 0.271. The molecule has 1 heteroatoms. The van der Waals surface area contributed by atoms with Crippen LogP contribution >= 0.6 is 0 Å². The highest BCUT2D eigenvalue weighted by Gasteiger charge is 2.53. The third kappa shape index (κ3) is 4.30. The highest BCUT2D eigenvalue weighted by molar-refractivity contribution is 6.00. The number of anilines is 1. The highest BCUT2D eigenvalue weighted by Crippen LogP contribution is 2.64. The molecule has 1 unspecified atom stereocenters. The van der Waals surface area contributed by atoms with E-state index in [9.17, 15) is 0 Å². The van der Waals surface area contributed by atoms with E-state index in [1.165, 1.54) is 66.8 Å². The molecule has 1 N–H and O–H groups in total. The maximum absolute atomic E-state index is 4.34. The molecular formula is C45H37N. The molecule has 46 heavy (non-hydrogen) atoms. The molecule has 1 nitrogen and oxygen atoms in total. The zero-order valence-electron chi connectivity index (χ0n) is 26.4. The smallest absolute Gasteiger partial charge is 0.0688 e. The van der Waals surface area contributed by atoms with Crippen LogP contribution in [-0.2, 0) is 5.41 Å². The van der Waals surface area contributed by atoms with Crippen LogP contribution < -0.4 is 5.32 Å². The molecule has 222 valence electrons. The third-order valence-corrected chi connectivity index (χ3v) is 9.97. The van der Waals surface area contributed by atoms with Gasteiger partial charge in [-0.2, -0.15) is 0 Å². The lowest BCUT2D eigenvalue weighted by Crippen LogP contribution is -2.28. The van der Waals surface area contributed by atoms with Gasteiger partial charge in [-0.1, -0.05) is 147 Å². The van der Waals surface area contributed by atoms with Gasteiger partial charge in [0.1, 0.15) is 0 Å². The molecular weight excluding hydrogens is 555 g/mol. The van der Waals surface area contributed by atoms with Crippen LogP contribution in [0.15, 0.2) is 170 Å². The number of hydrogen-bond donors (Lipinski definition) is 1. The standard InChI is InChI=1S/C45H37N/c1-4-32(23-22-31(3)46-35-26-24-34(25-27-35)33-13-6-5-7-14-33)36-17-12-20-42-44(36)39-28-21-30(2)29-43(39)45(42)40-18-10-8-15-37(40)38-16-9-11-19-41(38)45/h4-28,30,46H,3,29H2,1-2H3/b23-22-,32-4+. The van der Waals surface area contributed by atoms with E-state index in [4.69, 9.17) is 0 Å². The van der Waals surface area contributed by atoms with Crippen molar-refractivity contribution in [1.29, 1.82) is 0 Å². The monoisotopic (exact) mass is 591 g/mol. The molecule has 5 aromatic carbocycles. The molecule has 1 atom stereocenters. The van der Waals surface area contributed by atoms with Gasteiger partial charge >= 0.3 is 0 Å². The molecule has 0 saturated heterocycles. The second-order valence-electron chi connectivity index (χ2n) is 12.7. The molecule has 0 radical (unpaired) electrons. The van der Waals surface area contributed by atoms with E-state index in [1.54, 1.807) is 0 Å². The van der Waals surface area contributed by atoms with Crippen LogP contribution in [0.4, 0.5) is 5.69 Å². The SMILES string of the molecule is C=C(/C=C\C(=C/C)c1cccc2c1C1=C(CC(C)C=C1)C21c2ccccc2-c2ccccc21)Nc1ccc(-c2ccccc2)cc1. The van der Waals surface area contributed by atoms with Gasteiger partial charge in [-0.3, -0.25) is 0 Å². The van der Waals surface area contributed by atoms with Crippen molar-refractivity contribution in [2.75, 3.05) is 5.32 Å². The maximum Gasteiger partial charge on any atom is 0.0688 e. The fourth-order valence-electron chi connectivity index (χ4n) is 7.99. The van der Waals surface area contributed by atoms with Gasteiger partial charge in [-0.25, -0.2) is 0 Å². The van der Waals surface area contributed by atoms with Crippen LogP contribution in [0.5, 0.6) is 0 Å². The Morgan fingerprint density at radius 1 is 0.717 bits per heavy atom. The summed E-state index contributed by atoms with van der Waals surface area (Å²) in [7, 11) is 0. The summed E-state index contributed by atoms with van der Waals surface area (Å²) in [5.74, 6) is 0.491. The molecule has 3 aliphatic carbocycles. The Kier molecular flexibility index (Phi) is 6.84. The Hall–Kier alpha value is -5.40. The number of benzene rings is 5. The van der Waals surface area contributed by atoms with Crippen LogP contribution in [-0.4, -0.2) is 0 Å². The van der Waals surface area contributed by atoms with E-state index < -0.39 is 0 Å². The molecule has 0 aliphatic heterocycles. The van der Waals surface area contributed by atoms with Crippen LogP contribution in [0, 0.1) is 5.92 Å². The molecule has 3 aliphatic rings. The lowest BCUT2D eigenvalue weighted by Gasteiger charge is -2.34. The van der Waals surface area contributed by atoms with Crippen molar-refractivity contribution in [3.63, 3.8) is 0 Å². The Morgan fingerprint density at radius 3 is 2.04 bits per heavy atom. The molecule has 5 aromatic rings. The van der Waals surface area contributed by atoms with Crippen molar-refractivity contribution in [2.45, 2.75) is 25.7 Å². The summed E-state index contributed by atoms with van der Waals surface area (Å²) in [6.45, 7) is 8.82. The molecule has 0 heterocycles. The van der Waals surface area contributed by atoms with Gasteiger partial charge < -0.3 is 5.32 Å². The van der Waals surface area contributed by atoms with E-state index in [1.807, 2.05) is 6.07 Å². The topological polar surface area (TPSA) is 12.0 Å². The molecule has 0 saturated carbocycles. The van der Waals surface area contributed by atoms with Crippen molar-refractivity contribution in [3.8, 4) is 22.3 Å². The summed E-state index contributed by atoms with van der Waals surface area (Å²) < 4.78 is 0. The number of fused-ring (bicyclic) bond motifs is 9. The van der Waals surface area contributed by atoms with E-state index in [0.29, 0.717) is 5.92 Å². The van der Waals surface area contributed by atoms with Crippen molar-refractivity contribution < 1.29 is 0 Å². The lowest BCUT2D eigenvalue weighted by atomic mass is 9.67. The second-order valence-corrected chi connectivity index (χ2v) is 12.7. The largest absolute Gasteiger partial charge is 0.356 e. The summed E-state index contributed by atoms with van der Waals surface area (Å²) in [5.41, 5.74) is 17.7. The normalized spacial score (nSPS) is 17.2. The van der Waals surface area contributed by atoms with Crippen molar-refractivity contribution >= 4 is 16.8 Å². The van der Waals surface area contributed by atoms with Crippen molar-refractivity contribution in [2.24, 2.45) is 5.92 Å². The summed E-state index contributed by atoms with van der Waals surface area (Å²) >= 11 is 0. The number of nitrogens with one attached hydrogen (secondary N) is 1. The Labute approximate surface area is 272 Å². The summed E-state index contributed by atoms with van der Waals surface area (Å²) in [6.07, 6.45) is 12.4.